The largest absolute Gasteiger partial charge is 0.487 e. The van der Waals surface area contributed by atoms with Gasteiger partial charge in [0.15, 0.2) is 0 Å². The van der Waals surface area contributed by atoms with E-state index < -0.39 is 0 Å². The summed E-state index contributed by atoms with van der Waals surface area (Å²) in [5.41, 5.74) is 2.86. The molecule has 4 rings (SSSR count). The number of para-hydroxylation sites is 1. The molecule has 0 atom stereocenters. The fraction of sp³-hybridized carbons (Fsp3) is 0.160. The van der Waals surface area contributed by atoms with E-state index >= 15 is 0 Å². The van der Waals surface area contributed by atoms with Gasteiger partial charge < -0.3 is 10.1 Å². The quantitative estimate of drug-likeness (QED) is 0.299. The van der Waals surface area contributed by atoms with Gasteiger partial charge in [-0.15, -0.1) is 11.3 Å². The number of thiazole rings is 1. The molecule has 0 saturated heterocycles. The molecule has 2 aromatic carbocycles. The zero-order valence-electron chi connectivity index (χ0n) is 17.0. The van der Waals surface area contributed by atoms with Crippen LogP contribution in [0.3, 0.4) is 0 Å². The number of aryl methyl sites for hydroxylation is 1. The Kier molecular flexibility index (Phi) is 7.03. The van der Waals surface area contributed by atoms with Crippen LogP contribution >= 0.6 is 11.3 Å². The third kappa shape index (κ3) is 6.23. The second-order valence-electron chi connectivity index (χ2n) is 6.98. The number of nitrogens with one attached hydrogen (secondary N) is 1. The summed E-state index contributed by atoms with van der Waals surface area (Å²) in [6, 6.07) is 21.5. The highest BCUT2D eigenvalue weighted by atomic mass is 32.1. The van der Waals surface area contributed by atoms with Gasteiger partial charge in [-0.2, -0.15) is 0 Å². The Morgan fingerprint density at radius 2 is 1.87 bits per heavy atom. The molecule has 156 valence electrons. The molecule has 6 heteroatoms. The van der Waals surface area contributed by atoms with Crippen molar-refractivity contribution < 1.29 is 9.53 Å². The minimum Gasteiger partial charge on any atom is -0.487 e. The summed E-state index contributed by atoms with van der Waals surface area (Å²) in [6.07, 6.45) is 6.83. The number of fused-ring (bicyclic) bond motifs is 1. The van der Waals surface area contributed by atoms with Gasteiger partial charge in [-0.25, -0.2) is 4.98 Å². The molecule has 4 aromatic rings. The van der Waals surface area contributed by atoms with Crippen LogP contribution < -0.4 is 10.1 Å². The van der Waals surface area contributed by atoms with Gasteiger partial charge in [0, 0.05) is 25.2 Å². The number of carbonyl (C=O) groups is 1. The number of nitrogens with zero attached hydrogens (tertiary/aromatic N) is 2. The highest BCUT2D eigenvalue weighted by molar-refractivity contribution is 7.18. The van der Waals surface area contributed by atoms with E-state index in [0.717, 1.165) is 40.4 Å². The number of hydrogen-bond acceptors (Lipinski definition) is 5. The molecular weight excluding hydrogens is 406 g/mol. The molecule has 2 heterocycles. The molecule has 0 aliphatic heterocycles. The van der Waals surface area contributed by atoms with E-state index in [1.54, 1.807) is 29.7 Å². The van der Waals surface area contributed by atoms with Crippen molar-refractivity contribution in [3.05, 3.63) is 95.3 Å². The van der Waals surface area contributed by atoms with Crippen LogP contribution in [0.5, 0.6) is 5.75 Å². The van der Waals surface area contributed by atoms with Crippen molar-refractivity contribution in [2.75, 3.05) is 6.54 Å². The molecule has 0 aliphatic rings. The SMILES string of the molecule is O=C(C=Cc1ccc(OCc2ccccn2)cc1)NCCCc1nc2ccccc2s1. The van der Waals surface area contributed by atoms with E-state index in [9.17, 15) is 4.79 Å². The maximum absolute atomic E-state index is 12.1. The molecular formula is C25H23N3O2S. The molecule has 31 heavy (non-hydrogen) atoms. The van der Waals surface area contributed by atoms with E-state index in [1.807, 2.05) is 60.7 Å². The summed E-state index contributed by atoms with van der Waals surface area (Å²) >= 11 is 1.72. The van der Waals surface area contributed by atoms with Crippen LogP contribution in [-0.2, 0) is 17.8 Å². The fourth-order valence-corrected chi connectivity index (χ4v) is 4.03. The molecule has 0 aliphatic carbocycles. The number of ether oxygens (including phenoxy) is 1. The summed E-state index contributed by atoms with van der Waals surface area (Å²) in [5.74, 6) is 0.668. The number of pyridine rings is 1. The predicted octanol–water partition coefficient (Wildman–Crippen LogP) is 5.03. The molecule has 0 unspecified atom stereocenters. The Hall–Kier alpha value is -3.51. The topological polar surface area (TPSA) is 64.1 Å². The summed E-state index contributed by atoms with van der Waals surface area (Å²) in [7, 11) is 0. The van der Waals surface area contributed by atoms with Gasteiger partial charge in [-0.3, -0.25) is 9.78 Å². The van der Waals surface area contributed by atoms with Crippen LogP contribution in [0.25, 0.3) is 16.3 Å². The molecule has 0 saturated carbocycles. The lowest BCUT2D eigenvalue weighted by Crippen LogP contribution is -2.22. The van der Waals surface area contributed by atoms with Crippen molar-refractivity contribution in [1.82, 2.24) is 15.3 Å². The number of hydrogen-bond donors (Lipinski definition) is 1. The predicted molar refractivity (Wildman–Crippen MR) is 125 cm³/mol. The van der Waals surface area contributed by atoms with E-state index in [1.165, 1.54) is 4.70 Å². The first-order valence-electron chi connectivity index (χ1n) is 10.2. The summed E-state index contributed by atoms with van der Waals surface area (Å²) in [6.45, 7) is 1.05. The lowest BCUT2D eigenvalue weighted by molar-refractivity contribution is -0.116. The standard InChI is InChI=1S/C25H23N3O2S/c29-24(27-17-5-9-25-28-22-7-1-2-8-23(22)31-25)15-12-19-10-13-21(14-11-19)30-18-20-6-3-4-16-26-20/h1-4,6-8,10-16H,5,9,17-18H2,(H,27,29). The van der Waals surface area contributed by atoms with Crippen LogP contribution in [0.2, 0.25) is 0 Å². The highest BCUT2D eigenvalue weighted by Gasteiger charge is 2.03. The van der Waals surface area contributed by atoms with Crippen LogP contribution in [0.15, 0.2) is 79.0 Å². The Balaban J connectivity index is 1.18. The molecule has 1 amide bonds. The van der Waals surface area contributed by atoms with Gasteiger partial charge in [0.05, 0.1) is 20.9 Å². The number of benzene rings is 2. The van der Waals surface area contributed by atoms with Gasteiger partial charge in [-0.05, 0) is 54.5 Å². The van der Waals surface area contributed by atoms with Crippen molar-refractivity contribution in [2.24, 2.45) is 0 Å². The van der Waals surface area contributed by atoms with Gasteiger partial charge in [0.1, 0.15) is 12.4 Å². The first-order chi connectivity index (χ1) is 15.3. The molecule has 2 aromatic heterocycles. The van der Waals surface area contributed by atoms with E-state index in [-0.39, 0.29) is 5.91 Å². The average molecular weight is 430 g/mol. The summed E-state index contributed by atoms with van der Waals surface area (Å²) in [5, 5.41) is 4.03. The molecule has 5 nitrogen and oxygen atoms in total. The second kappa shape index (κ2) is 10.5. The number of amides is 1. The Labute approximate surface area is 185 Å². The highest BCUT2D eigenvalue weighted by Crippen LogP contribution is 2.22. The van der Waals surface area contributed by atoms with Crippen molar-refractivity contribution in [2.45, 2.75) is 19.4 Å². The second-order valence-corrected chi connectivity index (χ2v) is 8.10. The van der Waals surface area contributed by atoms with E-state index in [2.05, 4.69) is 21.4 Å². The Morgan fingerprint density at radius 3 is 2.68 bits per heavy atom. The zero-order chi connectivity index (χ0) is 21.3. The molecule has 0 spiro atoms. The molecule has 0 bridgehead atoms. The third-order valence-electron chi connectivity index (χ3n) is 4.62. The summed E-state index contributed by atoms with van der Waals surface area (Å²) < 4.78 is 6.93. The van der Waals surface area contributed by atoms with Crippen LogP contribution in [0.4, 0.5) is 0 Å². The Morgan fingerprint density at radius 1 is 1.03 bits per heavy atom. The maximum atomic E-state index is 12.1. The minimum absolute atomic E-state index is 0.0974. The summed E-state index contributed by atoms with van der Waals surface area (Å²) in [4.78, 5) is 20.9. The van der Waals surface area contributed by atoms with E-state index in [0.29, 0.717) is 13.2 Å². The third-order valence-corrected chi connectivity index (χ3v) is 5.72. The van der Waals surface area contributed by atoms with Gasteiger partial charge in [-0.1, -0.05) is 30.3 Å². The first-order valence-corrected chi connectivity index (χ1v) is 11.0. The van der Waals surface area contributed by atoms with E-state index in [4.69, 9.17) is 4.74 Å². The van der Waals surface area contributed by atoms with Crippen LogP contribution in [0.1, 0.15) is 22.7 Å². The van der Waals surface area contributed by atoms with Crippen LogP contribution in [-0.4, -0.2) is 22.4 Å². The lowest BCUT2D eigenvalue weighted by atomic mass is 10.2. The van der Waals surface area contributed by atoms with Crippen molar-refractivity contribution >= 4 is 33.5 Å². The zero-order valence-corrected chi connectivity index (χ0v) is 17.8. The van der Waals surface area contributed by atoms with Gasteiger partial charge >= 0.3 is 0 Å². The minimum atomic E-state index is -0.0974. The number of aromatic nitrogens is 2. The molecule has 0 fully saturated rings. The smallest absolute Gasteiger partial charge is 0.243 e. The molecule has 0 radical (unpaired) electrons. The average Bonchev–Trinajstić information content (AvgIpc) is 3.23. The fourth-order valence-electron chi connectivity index (χ4n) is 3.02. The molecule has 1 N–H and O–H groups in total. The van der Waals surface area contributed by atoms with Crippen molar-refractivity contribution in [1.29, 1.82) is 0 Å². The van der Waals surface area contributed by atoms with Gasteiger partial charge in [0.25, 0.3) is 0 Å². The number of carbonyl (C=O) groups excluding carboxylic acids is 1. The maximum Gasteiger partial charge on any atom is 0.243 e. The van der Waals surface area contributed by atoms with Crippen molar-refractivity contribution in [3.8, 4) is 5.75 Å². The lowest BCUT2D eigenvalue weighted by Gasteiger charge is -2.05. The monoisotopic (exact) mass is 429 g/mol. The van der Waals surface area contributed by atoms with Gasteiger partial charge in [0.2, 0.25) is 5.91 Å². The van der Waals surface area contributed by atoms with Crippen LogP contribution in [0, 0.1) is 0 Å². The first kappa shape index (κ1) is 20.8. The number of rotatable bonds is 9. The Bertz CT molecular complexity index is 1120. The normalized spacial score (nSPS) is 11.1. The van der Waals surface area contributed by atoms with Crippen molar-refractivity contribution in [3.63, 3.8) is 0 Å².